The van der Waals surface area contributed by atoms with E-state index in [1.54, 1.807) is 12.1 Å². The summed E-state index contributed by atoms with van der Waals surface area (Å²) in [4.78, 5) is 2.32. The van der Waals surface area contributed by atoms with Crippen molar-refractivity contribution in [2.75, 3.05) is 4.90 Å². The summed E-state index contributed by atoms with van der Waals surface area (Å²) in [6, 6.07) is 73.0. The molecule has 2 aromatic heterocycles. The van der Waals surface area contributed by atoms with Gasteiger partial charge in [-0.2, -0.15) is 0 Å². The van der Waals surface area contributed by atoms with Crippen molar-refractivity contribution < 1.29 is 8.81 Å². The van der Waals surface area contributed by atoms with Crippen molar-refractivity contribution in [2.45, 2.75) is 0 Å². The Labute approximate surface area is 335 Å². The van der Waals surface area contributed by atoms with Crippen molar-refractivity contribution in [1.82, 2.24) is 4.57 Å². The lowest BCUT2D eigenvalue weighted by molar-refractivity contribution is 0.629. The van der Waals surface area contributed by atoms with Crippen molar-refractivity contribution in [1.29, 1.82) is 0 Å². The highest BCUT2D eigenvalue weighted by Crippen LogP contribution is 2.42. The highest BCUT2D eigenvalue weighted by atomic mass is 19.1. The number of hydrogen-bond donors (Lipinski definition) is 0. The Morgan fingerprint density at radius 3 is 1.84 bits per heavy atom. The fraction of sp³-hybridized carbons (Fsp3) is 0. The number of para-hydroxylation sites is 4. The molecular weight excluding hydrogens is 712 g/mol. The largest absolute Gasteiger partial charge is 0.455 e. The zero-order valence-corrected chi connectivity index (χ0v) is 31.4. The lowest BCUT2D eigenvalue weighted by Crippen LogP contribution is -2.10. The minimum Gasteiger partial charge on any atom is -0.455 e. The monoisotopic (exact) mass is 746 g/mol. The van der Waals surface area contributed by atoms with Gasteiger partial charge in [-0.3, -0.25) is 0 Å². The molecule has 0 atom stereocenters. The minimum absolute atomic E-state index is 0.256. The third-order valence-corrected chi connectivity index (χ3v) is 11.2. The fourth-order valence-electron chi connectivity index (χ4n) is 8.60. The van der Waals surface area contributed by atoms with Crippen molar-refractivity contribution in [3.8, 4) is 39.1 Å². The van der Waals surface area contributed by atoms with Gasteiger partial charge in [-0.15, -0.1) is 0 Å². The molecule has 11 rings (SSSR count). The number of furan rings is 1. The minimum atomic E-state index is -0.256. The predicted molar refractivity (Wildman–Crippen MR) is 239 cm³/mol. The summed E-state index contributed by atoms with van der Waals surface area (Å²) in [5.41, 5.74) is 14.2. The van der Waals surface area contributed by atoms with E-state index in [-0.39, 0.29) is 5.82 Å². The number of fused-ring (bicyclic) bond motifs is 6. The van der Waals surface area contributed by atoms with Gasteiger partial charge in [0.15, 0.2) is 0 Å². The van der Waals surface area contributed by atoms with Gasteiger partial charge in [0.25, 0.3) is 0 Å². The summed E-state index contributed by atoms with van der Waals surface area (Å²) in [6.45, 7) is 0. The van der Waals surface area contributed by atoms with Crippen LogP contribution in [-0.4, -0.2) is 4.57 Å². The molecule has 0 saturated heterocycles. The van der Waals surface area contributed by atoms with Crippen molar-refractivity contribution in [3.05, 3.63) is 218 Å². The standard InChI is InChI=1S/C54H35FN2O/c55-40-29-32-47-46-20-5-8-25-51(46)57(52(47)35-40)50-24-7-4-19-44(50)37-27-30-41(31-28-37)56(42-17-10-15-38(33-42)36-13-2-1-3-14-36)43-18-11-16-39(34-43)45-22-12-23-49-48-21-6-9-26-53(48)58-54(45)49/h1-35H. The maximum Gasteiger partial charge on any atom is 0.143 e. The van der Waals surface area contributed by atoms with Crippen LogP contribution in [0.2, 0.25) is 0 Å². The average molecular weight is 747 g/mol. The van der Waals surface area contributed by atoms with E-state index >= 15 is 0 Å². The normalized spacial score (nSPS) is 11.5. The van der Waals surface area contributed by atoms with Crippen LogP contribution >= 0.6 is 0 Å². The molecule has 4 heteroatoms. The molecule has 3 nitrogen and oxygen atoms in total. The molecule has 58 heavy (non-hydrogen) atoms. The summed E-state index contributed by atoms with van der Waals surface area (Å²) in [6.07, 6.45) is 0. The first kappa shape index (κ1) is 33.6. The molecule has 0 radical (unpaired) electrons. The van der Waals surface area contributed by atoms with Gasteiger partial charge in [0.2, 0.25) is 0 Å². The molecule has 0 unspecified atom stereocenters. The predicted octanol–water partition coefficient (Wildman–Crippen LogP) is 15.3. The van der Waals surface area contributed by atoms with E-state index in [0.29, 0.717) is 0 Å². The Morgan fingerprint density at radius 2 is 1.00 bits per heavy atom. The highest BCUT2D eigenvalue weighted by Gasteiger charge is 2.19. The molecule has 0 fully saturated rings. The Hall–Kier alpha value is -7.69. The first-order valence-electron chi connectivity index (χ1n) is 19.5. The summed E-state index contributed by atoms with van der Waals surface area (Å²) in [5, 5.41) is 4.33. The van der Waals surface area contributed by atoms with Gasteiger partial charge in [-0.05, 0) is 95.1 Å². The molecule has 0 aliphatic carbocycles. The van der Waals surface area contributed by atoms with Crippen LogP contribution in [0, 0.1) is 5.82 Å². The number of halogens is 1. The molecule has 274 valence electrons. The lowest BCUT2D eigenvalue weighted by atomic mass is 10.00. The summed E-state index contributed by atoms with van der Waals surface area (Å²) in [5.74, 6) is -0.256. The third kappa shape index (κ3) is 5.65. The molecular formula is C54H35FN2O. The van der Waals surface area contributed by atoms with Crippen molar-refractivity contribution >= 4 is 60.8 Å². The van der Waals surface area contributed by atoms with Gasteiger partial charge < -0.3 is 13.9 Å². The van der Waals surface area contributed by atoms with Gasteiger partial charge >= 0.3 is 0 Å². The van der Waals surface area contributed by atoms with E-state index in [1.165, 1.54) is 0 Å². The van der Waals surface area contributed by atoms with Crippen LogP contribution in [0.5, 0.6) is 0 Å². The topological polar surface area (TPSA) is 21.3 Å². The number of rotatable bonds is 7. The van der Waals surface area contributed by atoms with Crippen molar-refractivity contribution in [3.63, 3.8) is 0 Å². The molecule has 0 aliphatic heterocycles. The second-order valence-electron chi connectivity index (χ2n) is 14.7. The van der Waals surface area contributed by atoms with E-state index in [2.05, 4.69) is 167 Å². The van der Waals surface area contributed by atoms with E-state index in [4.69, 9.17) is 4.42 Å². The molecule has 0 spiro atoms. The van der Waals surface area contributed by atoms with Crippen LogP contribution in [0.15, 0.2) is 217 Å². The molecule has 11 aromatic rings. The first-order chi connectivity index (χ1) is 28.7. The molecule has 0 saturated carbocycles. The fourth-order valence-corrected chi connectivity index (χ4v) is 8.60. The van der Waals surface area contributed by atoms with Gasteiger partial charge in [-0.25, -0.2) is 4.39 Å². The Bertz CT molecular complexity index is 3310. The maximum absolute atomic E-state index is 14.8. The number of anilines is 3. The first-order valence-corrected chi connectivity index (χ1v) is 19.5. The van der Waals surface area contributed by atoms with Gasteiger partial charge in [0.05, 0.1) is 16.7 Å². The molecule has 0 amide bonds. The van der Waals surface area contributed by atoms with Crippen LogP contribution in [-0.2, 0) is 0 Å². The van der Waals surface area contributed by atoms with Crippen LogP contribution < -0.4 is 4.90 Å². The number of aromatic nitrogens is 1. The summed E-state index contributed by atoms with van der Waals surface area (Å²) < 4.78 is 23.5. The van der Waals surface area contributed by atoms with Crippen LogP contribution in [0.4, 0.5) is 21.5 Å². The SMILES string of the molecule is Fc1ccc2c3ccccc3n(-c3ccccc3-c3ccc(N(c4cccc(-c5ccccc5)c4)c4cccc(-c5cccc6c5oc5ccccc56)c4)cc3)c2c1. The quantitative estimate of drug-likeness (QED) is 0.162. The zero-order valence-electron chi connectivity index (χ0n) is 31.4. The highest BCUT2D eigenvalue weighted by molar-refractivity contribution is 6.11. The van der Waals surface area contributed by atoms with Crippen LogP contribution in [0.1, 0.15) is 0 Å². The summed E-state index contributed by atoms with van der Waals surface area (Å²) >= 11 is 0. The molecule has 2 heterocycles. The van der Waals surface area contributed by atoms with Crippen LogP contribution in [0.3, 0.4) is 0 Å². The number of benzene rings is 9. The Morgan fingerprint density at radius 1 is 0.379 bits per heavy atom. The van der Waals surface area contributed by atoms with Gasteiger partial charge in [-0.1, -0.05) is 140 Å². The zero-order chi connectivity index (χ0) is 38.6. The number of hydrogen-bond acceptors (Lipinski definition) is 2. The van der Waals surface area contributed by atoms with E-state index < -0.39 is 0 Å². The Kier molecular flexibility index (Phi) is 8.00. The van der Waals surface area contributed by atoms with E-state index in [9.17, 15) is 4.39 Å². The van der Waals surface area contributed by atoms with E-state index in [0.717, 1.165) is 99.9 Å². The lowest BCUT2D eigenvalue weighted by Gasteiger charge is -2.27. The van der Waals surface area contributed by atoms with Gasteiger partial charge in [0, 0.05) is 49.7 Å². The second-order valence-corrected chi connectivity index (χ2v) is 14.7. The van der Waals surface area contributed by atoms with Crippen molar-refractivity contribution in [2.24, 2.45) is 0 Å². The van der Waals surface area contributed by atoms with E-state index in [1.807, 2.05) is 42.5 Å². The average Bonchev–Trinajstić information content (AvgIpc) is 3.83. The molecule has 0 aliphatic rings. The molecule has 0 N–H and O–H groups in total. The molecule has 9 aromatic carbocycles. The second kappa shape index (κ2) is 13.8. The van der Waals surface area contributed by atoms with Gasteiger partial charge in [0.1, 0.15) is 17.0 Å². The Balaban J connectivity index is 1.05. The summed E-state index contributed by atoms with van der Waals surface area (Å²) in [7, 11) is 0. The third-order valence-electron chi connectivity index (χ3n) is 11.2. The number of nitrogens with zero attached hydrogens (tertiary/aromatic N) is 2. The maximum atomic E-state index is 14.8. The molecule has 0 bridgehead atoms. The van der Waals surface area contributed by atoms with Crippen LogP contribution in [0.25, 0.3) is 82.8 Å². The smallest absolute Gasteiger partial charge is 0.143 e.